The Morgan fingerprint density at radius 2 is 2.07 bits per heavy atom. The fourth-order valence-corrected chi connectivity index (χ4v) is 1.56. The molecule has 2 heterocycles. The Labute approximate surface area is 136 Å². The molecule has 0 saturated heterocycles. The van der Waals surface area contributed by atoms with Crippen LogP contribution in [0.4, 0.5) is 0 Å². The van der Waals surface area contributed by atoms with E-state index in [4.69, 9.17) is 0 Å². The second-order valence-corrected chi connectivity index (χ2v) is 3.31. The molecule has 2 nitrogen and oxygen atoms in total. The van der Waals surface area contributed by atoms with Crippen LogP contribution in [-0.4, -0.2) is 24.7 Å². The van der Waals surface area contributed by atoms with Crippen molar-refractivity contribution < 1.29 is 51.4 Å². The minimum atomic E-state index is 0. The first-order valence-corrected chi connectivity index (χ1v) is 5.27. The summed E-state index contributed by atoms with van der Waals surface area (Å²) in [6.45, 7) is 7.15. The molecule has 0 radical (unpaired) electrons. The number of hydrogen-bond acceptors (Lipinski definition) is 2. The van der Waals surface area contributed by atoms with E-state index in [0.717, 1.165) is 19.0 Å². The third-order valence-electron chi connectivity index (χ3n) is 2.37. The molecule has 0 aromatic carbocycles. The summed E-state index contributed by atoms with van der Waals surface area (Å²) in [5.41, 5.74) is 2.70. The van der Waals surface area contributed by atoms with E-state index < -0.39 is 0 Å². The van der Waals surface area contributed by atoms with Crippen LogP contribution in [0.15, 0.2) is 28.4 Å². The first kappa shape index (κ1) is 15.5. The molecule has 0 unspecified atom stereocenters. The van der Waals surface area contributed by atoms with Crippen molar-refractivity contribution in [2.75, 3.05) is 13.6 Å². The summed E-state index contributed by atoms with van der Waals surface area (Å²) >= 11 is 0. The molecule has 0 aromatic heterocycles. The quantitative estimate of drug-likeness (QED) is 0.416. The number of rotatable bonds is 0. The molecule has 0 bridgehead atoms. The maximum absolute atomic E-state index is 4.32. The maximum atomic E-state index is 4.32. The Kier molecular flexibility index (Phi) is 7.92. The van der Waals surface area contributed by atoms with Crippen molar-refractivity contribution in [2.24, 2.45) is 4.99 Å². The van der Waals surface area contributed by atoms with Crippen LogP contribution < -0.4 is 51.4 Å². The summed E-state index contributed by atoms with van der Waals surface area (Å²) < 4.78 is 0. The van der Waals surface area contributed by atoms with Gasteiger partial charge in [-0.3, -0.25) is 0 Å². The predicted octanol–water partition coefficient (Wildman–Crippen LogP) is -0.201. The van der Waals surface area contributed by atoms with E-state index in [1.807, 2.05) is 27.0 Å². The molecule has 0 aliphatic carbocycles. The van der Waals surface area contributed by atoms with E-state index in [0.29, 0.717) is 0 Å². The van der Waals surface area contributed by atoms with Crippen molar-refractivity contribution in [1.82, 2.24) is 4.90 Å². The molecule has 2 aliphatic rings. The van der Waals surface area contributed by atoms with Gasteiger partial charge in [0.1, 0.15) is 0 Å². The van der Waals surface area contributed by atoms with E-state index in [1.165, 1.54) is 11.3 Å². The Hall–Kier alpha value is 0.456. The molecule has 0 N–H and O–H groups in total. The number of aliphatic imine (C=N–C) groups is 1. The zero-order chi connectivity index (χ0) is 10.6. The summed E-state index contributed by atoms with van der Waals surface area (Å²) in [7, 11) is 2.11. The van der Waals surface area contributed by atoms with Crippen LogP contribution in [0, 0.1) is 6.04 Å². The number of nitrogens with zero attached hydrogens (tertiary/aromatic N) is 2. The first-order valence-electron chi connectivity index (χ1n) is 5.27. The monoisotopic (exact) mass is 230 g/mol. The summed E-state index contributed by atoms with van der Waals surface area (Å²) in [5.74, 6) is 0. The summed E-state index contributed by atoms with van der Waals surface area (Å²) in [4.78, 5) is 6.57. The average Bonchev–Trinajstić information content (AvgIpc) is 2.45. The summed E-state index contributed by atoms with van der Waals surface area (Å²) in [6, 6.07) is 1.08. The van der Waals surface area contributed by atoms with Gasteiger partial charge in [0.15, 0.2) is 0 Å². The smallest absolute Gasteiger partial charge is 0.385 e. The van der Waals surface area contributed by atoms with Crippen LogP contribution in [0.3, 0.4) is 0 Å². The minimum absolute atomic E-state index is 0. The van der Waals surface area contributed by atoms with Crippen molar-refractivity contribution in [3.05, 3.63) is 29.5 Å². The summed E-state index contributed by atoms with van der Waals surface area (Å²) in [6.07, 6.45) is 7.39. The van der Waals surface area contributed by atoms with Crippen LogP contribution in [0.2, 0.25) is 0 Å². The average molecular weight is 230 g/mol. The van der Waals surface area contributed by atoms with Crippen molar-refractivity contribution in [3.8, 4) is 0 Å². The van der Waals surface area contributed by atoms with Crippen molar-refractivity contribution in [1.29, 1.82) is 0 Å². The van der Waals surface area contributed by atoms with Gasteiger partial charge in [-0.2, -0.15) is 12.2 Å². The zero-order valence-electron chi connectivity index (χ0n) is 10.5. The van der Waals surface area contributed by atoms with Gasteiger partial charge < -0.3 is 9.89 Å². The molecule has 0 aromatic rings. The van der Waals surface area contributed by atoms with E-state index in [9.17, 15) is 0 Å². The topological polar surface area (TPSA) is 15.6 Å². The molecular weight excluding hydrogens is 211 g/mol. The zero-order valence-corrected chi connectivity index (χ0v) is 13.7. The van der Waals surface area contributed by atoms with E-state index in [1.54, 1.807) is 0 Å². The molecule has 0 atom stereocenters. The molecule has 0 spiro atoms. The predicted molar refractivity (Wildman–Crippen MR) is 62.2 cm³/mol. The third kappa shape index (κ3) is 4.08. The molecule has 0 fully saturated rings. The molecule has 0 saturated carbocycles. The molecular formula is C12H19KN2. The van der Waals surface area contributed by atoms with Gasteiger partial charge in [0.05, 0.1) is 0 Å². The van der Waals surface area contributed by atoms with Crippen molar-refractivity contribution in [2.45, 2.75) is 27.2 Å². The minimum Gasteiger partial charge on any atom is -0.385 e. The van der Waals surface area contributed by atoms with Crippen LogP contribution >= 0.6 is 0 Å². The molecule has 78 valence electrons. The van der Waals surface area contributed by atoms with Crippen molar-refractivity contribution >= 4 is 6.21 Å². The fourth-order valence-electron chi connectivity index (χ4n) is 1.56. The van der Waals surface area contributed by atoms with Crippen LogP contribution in [0.25, 0.3) is 0 Å². The Morgan fingerprint density at radius 1 is 1.40 bits per heavy atom. The number of hydrogen-bond donors (Lipinski definition) is 0. The first-order chi connectivity index (χ1) is 6.77. The molecule has 2 rings (SSSR count). The Morgan fingerprint density at radius 3 is 2.73 bits per heavy atom. The number of allylic oxidation sites excluding steroid dienone is 2. The largest absolute Gasteiger partial charge is 1.00 e. The van der Waals surface area contributed by atoms with Crippen LogP contribution in [-0.2, 0) is 0 Å². The molecule has 3 heteroatoms. The van der Waals surface area contributed by atoms with Crippen LogP contribution in [0.5, 0.6) is 0 Å². The van der Waals surface area contributed by atoms with Gasteiger partial charge in [0, 0.05) is 13.6 Å². The van der Waals surface area contributed by atoms with Gasteiger partial charge in [0.25, 0.3) is 0 Å². The SMILES string of the molecule is CC.C[C-]1C=CC2=C(C=N1)N(C)CC2.[K+]. The van der Waals surface area contributed by atoms with E-state index in [-0.39, 0.29) is 51.4 Å². The van der Waals surface area contributed by atoms with Crippen molar-refractivity contribution in [3.63, 3.8) is 0 Å². The molecule has 2 aliphatic heterocycles. The Bertz CT molecular complexity index is 279. The summed E-state index contributed by atoms with van der Waals surface area (Å²) in [5, 5.41) is 0. The van der Waals surface area contributed by atoms with Gasteiger partial charge in [0.2, 0.25) is 0 Å². The third-order valence-corrected chi connectivity index (χ3v) is 2.37. The van der Waals surface area contributed by atoms with Gasteiger partial charge in [-0.1, -0.05) is 38.6 Å². The van der Waals surface area contributed by atoms with Gasteiger partial charge in [-0.15, -0.1) is 0 Å². The second kappa shape index (κ2) is 7.68. The Balaban J connectivity index is 0.000000617. The maximum Gasteiger partial charge on any atom is 1.00 e. The van der Waals surface area contributed by atoms with E-state index >= 15 is 0 Å². The second-order valence-electron chi connectivity index (χ2n) is 3.31. The standard InChI is InChI=1S/C10H13N2.C2H6.K/c1-8-3-4-9-5-6-12(2)10(9)7-11-8;1-2;/h3-4,7H,5-6H2,1-2H3;1-2H3;/q-1;;+1. The fraction of sp³-hybridized carbons (Fsp3) is 0.500. The van der Waals surface area contributed by atoms with Gasteiger partial charge in [-0.05, 0) is 12.1 Å². The molecule has 0 amide bonds. The van der Waals surface area contributed by atoms with E-state index in [2.05, 4.69) is 29.1 Å². The van der Waals surface area contributed by atoms with Crippen LogP contribution in [0.1, 0.15) is 27.2 Å². The normalized spacial score (nSPS) is 17.9. The molecule has 15 heavy (non-hydrogen) atoms. The van der Waals surface area contributed by atoms with Gasteiger partial charge >= 0.3 is 51.4 Å². The van der Waals surface area contributed by atoms with Gasteiger partial charge in [-0.25, -0.2) is 0 Å².